The van der Waals surface area contributed by atoms with E-state index in [9.17, 15) is 13.6 Å². The molecule has 0 spiro atoms. The van der Waals surface area contributed by atoms with Crippen molar-refractivity contribution in [3.05, 3.63) is 35.4 Å². The van der Waals surface area contributed by atoms with Crippen molar-refractivity contribution < 1.29 is 13.6 Å². The van der Waals surface area contributed by atoms with Crippen LogP contribution in [0.25, 0.3) is 0 Å². The minimum atomic E-state index is -0.681. The van der Waals surface area contributed by atoms with Gasteiger partial charge in [0, 0.05) is 11.6 Å². The SMILES string of the molecule is C#CCNCC(=O)NC(C)c1ccc(F)cc1F. The van der Waals surface area contributed by atoms with Crippen LogP contribution in [-0.4, -0.2) is 19.0 Å². The Balaban J connectivity index is 2.57. The fourth-order valence-corrected chi connectivity index (χ4v) is 1.47. The van der Waals surface area contributed by atoms with Gasteiger partial charge in [0.25, 0.3) is 0 Å². The molecule has 0 fully saturated rings. The van der Waals surface area contributed by atoms with Crippen LogP contribution in [0.3, 0.4) is 0 Å². The van der Waals surface area contributed by atoms with E-state index in [1.807, 2.05) is 0 Å². The lowest BCUT2D eigenvalue weighted by atomic mass is 10.1. The molecule has 5 heteroatoms. The fourth-order valence-electron chi connectivity index (χ4n) is 1.47. The van der Waals surface area contributed by atoms with Crippen molar-refractivity contribution in [1.82, 2.24) is 10.6 Å². The van der Waals surface area contributed by atoms with Crippen molar-refractivity contribution >= 4 is 5.91 Å². The highest BCUT2D eigenvalue weighted by Crippen LogP contribution is 2.17. The molecule has 0 radical (unpaired) electrons. The van der Waals surface area contributed by atoms with Gasteiger partial charge in [0.1, 0.15) is 11.6 Å². The summed E-state index contributed by atoms with van der Waals surface area (Å²) in [6.07, 6.45) is 5.01. The molecule has 1 unspecified atom stereocenters. The lowest BCUT2D eigenvalue weighted by molar-refractivity contribution is -0.120. The Kier molecular flexibility index (Phi) is 5.28. The van der Waals surface area contributed by atoms with Crippen molar-refractivity contribution in [2.45, 2.75) is 13.0 Å². The summed E-state index contributed by atoms with van der Waals surface area (Å²) in [5.74, 6) is 0.698. The maximum atomic E-state index is 13.4. The minimum absolute atomic E-state index is 0.0529. The van der Waals surface area contributed by atoms with E-state index < -0.39 is 17.7 Å². The summed E-state index contributed by atoms with van der Waals surface area (Å²) in [6, 6.07) is 2.71. The monoisotopic (exact) mass is 252 g/mol. The van der Waals surface area contributed by atoms with Gasteiger partial charge in [0.05, 0.1) is 19.1 Å². The average molecular weight is 252 g/mol. The van der Waals surface area contributed by atoms with Crippen molar-refractivity contribution in [3.63, 3.8) is 0 Å². The topological polar surface area (TPSA) is 41.1 Å². The Morgan fingerprint density at radius 1 is 1.50 bits per heavy atom. The molecule has 0 saturated carbocycles. The molecule has 18 heavy (non-hydrogen) atoms. The van der Waals surface area contributed by atoms with Crippen LogP contribution in [0.2, 0.25) is 0 Å². The highest BCUT2D eigenvalue weighted by Gasteiger charge is 2.13. The lowest BCUT2D eigenvalue weighted by Crippen LogP contribution is -2.35. The fraction of sp³-hybridized carbons (Fsp3) is 0.308. The number of amides is 1. The molecule has 96 valence electrons. The molecule has 1 rings (SSSR count). The van der Waals surface area contributed by atoms with Gasteiger partial charge in [-0.3, -0.25) is 10.1 Å². The third-order valence-electron chi connectivity index (χ3n) is 2.32. The van der Waals surface area contributed by atoms with E-state index in [0.717, 1.165) is 12.1 Å². The molecule has 0 aliphatic rings. The first-order chi connectivity index (χ1) is 8.54. The van der Waals surface area contributed by atoms with Crippen LogP contribution in [0.1, 0.15) is 18.5 Å². The van der Waals surface area contributed by atoms with Crippen LogP contribution >= 0.6 is 0 Å². The molecule has 3 nitrogen and oxygen atoms in total. The second-order valence-electron chi connectivity index (χ2n) is 3.76. The van der Waals surface area contributed by atoms with Crippen molar-refractivity contribution in [2.24, 2.45) is 0 Å². The molecular formula is C13H14F2N2O. The lowest BCUT2D eigenvalue weighted by Gasteiger charge is -2.15. The molecule has 0 aliphatic carbocycles. The molecule has 0 aromatic heterocycles. The Morgan fingerprint density at radius 2 is 2.22 bits per heavy atom. The van der Waals surface area contributed by atoms with Gasteiger partial charge >= 0.3 is 0 Å². The van der Waals surface area contributed by atoms with Crippen LogP contribution < -0.4 is 10.6 Å². The largest absolute Gasteiger partial charge is 0.348 e. The highest BCUT2D eigenvalue weighted by molar-refractivity contribution is 5.78. The molecule has 1 aromatic carbocycles. The van der Waals surface area contributed by atoms with Gasteiger partial charge in [-0.05, 0) is 13.0 Å². The first-order valence-corrected chi connectivity index (χ1v) is 5.43. The van der Waals surface area contributed by atoms with Gasteiger partial charge in [0.2, 0.25) is 5.91 Å². The number of rotatable bonds is 5. The van der Waals surface area contributed by atoms with E-state index in [2.05, 4.69) is 16.6 Å². The zero-order valence-electron chi connectivity index (χ0n) is 9.97. The van der Waals surface area contributed by atoms with E-state index >= 15 is 0 Å². The van der Waals surface area contributed by atoms with Gasteiger partial charge < -0.3 is 5.32 Å². The number of hydrogen-bond donors (Lipinski definition) is 2. The van der Waals surface area contributed by atoms with E-state index in [4.69, 9.17) is 6.42 Å². The summed E-state index contributed by atoms with van der Waals surface area (Å²) >= 11 is 0. The number of hydrogen-bond acceptors (Lipinski definition) is 2. The number of carbonyl (C=O) groups excluding carboxylic acids is 1. The second kappa shape index (κ2) is 6.72. The number of halogens is 2. The molecular weight excluding hydrogens is 238 g/mol. The summed E-state index contributed by atoms with van der Waals surface area (Å²) < 4.78 is 26.1. The molecule has 1 aromatic rings. The molecule has 0 aliphatic heterocycles. The highest BCUT2D eigenvalue weighted by atomic mass is 19.1. The van der Waals surface area contributed by atoms with Crippen LogP contribution in [-0.2, 0) is 4.79 Å². The second-order valence-corrected chi connectivity index (χ2v) is 3.76. The van der Waals surface area contributed by atoms with Crippen molar-refractivity contribution in [2.75, 3.05) is 13.1 Å². The Bertz CT molecular complexity index is 469. The Hall–Kier alpha value is -1.93. The number of terminal acetylenes is 1. The zero-order valence-corrected chi connectivity index (χ0v) is 9.97. The molecule has 2 N–H and O–H groups in total. The summed E-state index contributed by atoms with van der Waals surface area (Å²) in [7, 11) is 0. The third-order valence-corrected chi connectivity index (χ3v) is 2.32. The summed E-state index contributed by atoms with van der Waals surface area (Å²) in [6.45, 7) is 1.96. The minimum Gasteiger partial charge on any atom is -0.348 e. The smallest absolute Gasteiger partial charge is 0.234 e. The van der Waals surface area contributed by atoms with E-state index in [1.165, 1.54) is 6.07 Å². The van der Waals surface area contributed by atoms with Crippen LogP contribution in [0.15, 0.2) is 18.2 Å². The first kappa shape index (κ1) is 14.1. The Morgan fingerprint density at radius 3 is 2.83 bits per heavy atom. The molecule has 1 atom stereocenters. The Labute approximate surface area is 105 Å². The van der Waals surface area contributed by atoms with Crippen molar-refractivity contribution in [3.8, 4) is 12.3 Å². The van der Waals surface area contributed by atoms with Gasteiger partial charge in [0.15, 0.2) is 0 Å². The normalized spacial score (nSPS) is 11.7. The number of benzene rings is 1. The predicted molar refractivity (Wildman–Crippen MR) is 64.6 cm³/mol. The predicted octanol–water partition coefficient (Wildman–Crippen LogP) is 1.36. The maximum Gasteiger partial charge on any atom is 0.234 e. The molecule has 0 saturated heterocycles. The third kappa shape index (κ3) is 4.15. The summed E-state index contributed by atoms with van der Waals surface area (Å²) in [4.78, 5) is 11.4. The van der Waals surface area contributed by atoms with Gasteiger partial charge in [-0.1, -0.05) is 12.0 Å². The molecule has 1 amide bonds. The van der Waals surface area contributed by atoms with Crippen LogP contribution in [0.5, 0.6) is 0 Å². The first-order valence-electron chi connectivity index (χ1n) is 5.43. The summed E-state index contributed by atoms with van der Waals surface area (Å²) in [5, 5.41) is 5.30. The number of carbonyl (C=O) groups is 1. The van der Waals surface area contributed by atoms with E-state index in [0.29, 0.717) is 0 Å². The maximum absolute atomic E-state index is 13.4. The average Bonchev–Trinajstić information content (AvgIpc) is 2.28. The quantitative estimate of drug-likeness (QED) is 0.614. The summed E-state index contributed by atoms with van der Waals surface area (Å²) in [5.41, 5.74) is 0.238. The van der Waals surface area contributed by atoms with E-state index in [-0.39, 0.29) is 24.6 Å². The van der Waals surface area contributed by atoms with Crippen LogP contribution in [0.4, 0.5) is 8.78 Å². The number of nitrogens with one attached hydrogen (secondary N) is 2. The van der Waals surface area contributed by atoms with Crippen LogP contribution in [0, 0.1) is 24.0 Å². The molecule has 0 heterocycles. The van der Waals surface area contributed by atoms with E-state index in [1.54, 1.807) is 6.92 Å². The van der Waals surface area contributed by atoms with Gasteiger partial charge in [-0.15, -0.1) is 6.42 Å². The zero-order chi connectivity index (χ0) is 13.5. The molecule has 0 bridgehead atoms. The standard InChI is InChI=1S/C13H14F2N2O/c1-3-6-16-8-13(18)17-9(2)11-5-4-10(14)7-12(11)15/h1,4-5,7,9,16H,6,8H2,2H3,(H,17,18). The van der Waals surface area contributed by atoms with Gasteiger partial charge in [-0.25, -0.2) is 8.78 Å². The van der Waals surface area contributed by atoms with Gasteiger partial charge in [-0.2, -0.15) is 0 Å². The van der Waals surface area contributed by atoms with Crippen molar-refractivity contribution in [1.29, 1.82) is 0 Å².